The predicted octanol–water partition coefficient (Wildman–Crippen LogP) is 3.30. The minimum atomic E-state index is -0.987. The van der Waals surface area contributed by atoms with E-state index < -0.39 is 23.5 Å². The minimum Gasteiger partial charge on any atom is -0.481 e. The molecule has 0 saturated carbocycles. The van der Waals surface area contributed by atoms with Crippen molar-refractivity contribution in [3.8, 4) is 11.1 Å². The number of carboxylic acids is 1. The maximum atomic E-state index is 13.0. The summed E-state index contributed by atoms with van der Waals surface area (Å²) in [5, 5.41) is 14.5. The Morgan fingerprint density at radius 3 is 2.35 bits per heavy atom. The molecule has 4 rings (SSSR count). The van der Waals surface area contributed by atoms with Gasteiger partial charge >= 0.3 is 12.1 Å². The number of benzene rings is 2. The first-order valence-electron chi connectivity index (χ1n) is 11.6. The van der Waals surface area contributed by atoms with E-state index >= 15 is 0 Å². The van der Waals surface area contributed by atoms with Gasteiger partial charge in [-0.3, -0.25) is 9.59 Å². The summed E-state index contributed by atoms with van der Waals surface area (Å²) >= 11 is 0. The van der Waals surface area contributed by atoms with Gasteiger partial charge in [0.2, 0.25) is 5.91 Å². The molecule has 2 unspecified atom stereocenters. The number of nitrogens with one attached hydrogen (secondary N) is 2. The normalized spacial score (nSPS) is 20.0. The topological polar surface area (TPSA) is 114 Å². The zero-order valence-electron chi connectivity index (χ0n) is 19.2. The lowest BCUT2D eigenvalue weighted by molar-refractivity contribution is -0.140. The molecule has 8 heteroatoms. The monoisotopic (exact) mass is 466 g/mol. The first-order chi connectivity index (χ1) is 16.4. The summed E-state index contributed by atoms with van der Waals surface area (Å²) in [5.74, 6) is -1.36. The van der Waals surface area contributed by atoms with Crippen LogP contribution in [0.2, 0.25) is 0 Å². The first-order valence-corrected chi connectivity index (χ1v) is 11.6. The highest BCUT2D eigenvalue weighted by atomic mass is 16.5. The third kappa shape index (κ3) is 5.07. The standard InChI is InChI=1S/C26H30N2O6/c1-17(13-23(29)30)28-24(31)26(11-6-12-33-16-26)15-27-25(32)34-14-22-20-9-4-2-7-18(20)19-8-3-5-10-21(19)22/h2-5,7-10,17,22H,6,11-16H2,1H3,(H,27,32)(H,28,31)(H,29,30). The number of carbonyl (C=O) groups excluding carboxylic acids is 2. The van der Waals surface area contributed by atoms with Gasteiger partial charge in [0, 0.05) is 25.1 Å². The number of ether oxygens (including phenoxy) is 2. The van der Waals surface area contributed by atoms with E-state index in [1.807, 2.05) is 24.3 Å². The molecule has 1 saturated heterocycles. The van der Waals surface area contributed by atoms with Gasteiger partial charge in [0.25, 0.3) is 0 Å². The average molecular weight is 467 g/mol. The zero-order valence-corrected chi connectivity index (χ0v) is 19.2. The van der Waals surface area contributed by atoms with E-state index in [9.17, 15) is 14.4 Å². The van der Waals surface area contributed by atoms with Crippen molar-refractivity contribution in [2.75, 3.05) is 26.4 Å². The molecule has 1 aliphatic carbocycles. The fourth-order valence-corrected chi connectivity index (χ4v) is 4.83. The fourth-order valence-electron chi connectivity index (χ4n) is 4.83. The van der Waals surface area contributed by atoms with E-state index in [1.54, 1.807) is 6.92 Å². The van der Waals surface area contributed by atoms with Gasteiger partial charge in [-0.2, -0.15) is 0 Å². The van der Waals surface area contributed by atoms with Crippen LogP contribution in [0.4, 0.5) is 4.79 Å². The maximum absolute atomic E-state index is 13.0. The molecule has 2 atom stereocenters. The molecule has 1 fully saturated rings. The second-order valence-corrected chi connectivity index (χ2v) is 9.09. The van der Waals surface area contributed by atoms with Crippen LogP contribution in [0.3, 0.4) is 0 Å². The van der Waals surface area contributed by atoms with Crippen molar-refractivity contribution in [3.63, 3.8) is 0 Å². The molecule has 2 amide bonds. The van der Waals surface area contributed by atoms with Crippen molar-refractivity contribution >= 4 is 18.0 Å². The highest BCUT2D eigenvalue weighted by molar-refractivity contribution is 5.84. The Kier molecular flexibility index (Phi) is 7.17. The van der Waals surface area contributed by atoms with Gasteiger partial charge in [-0.05, 0) is 42.0 Å². The maximum Gasteiger partial charge on any atom is 0.407 e. The molecule has 180 valence electrons. The van der Waals surface area contributed by atoms with Gasteiger partial charge in [-0.15, -0.1) is 0 Å². The van der Waals surface area contributed by atoms with Crippen LogP contribution >= 0.6 is 0 Å². The number of fused-ring (bicyclic) bond motifs is 3. The largest absolute Gasteiger partial charge is 0.481 e. The molecule has 2 aliphatic rings. The van der Waals surface area contributed by atoms with Crippen LogP contribution in [-0.2, 0) is 19.1 Å². The quantitative estimate of drug-likeness (QED) is 0.550. The summed E-state index contributed by atoms with van der Waals surface area (Å²) in [4.78, 5) is 36.6. The summed E-state index contributed by atoms with van der Waals surface area (Å²) in [6.45, 7) is 2.58. The van der Waals surface area contributed by atoms with Gasteiger partial charge in [0.15, 0.2) is 0 Å². The summed E-state index contributed by atoms with van der Waals surface area (Å²) in [7, 11) is 0. The van der Waals surface area contributed by atoms with Crippen LogP contribution in [0.5, 0.6) is 0 Å². The van der Waals surface area contributed by atoms with Crippen molar-refractivity contribution in [2.24, 2.45) is 5.41 Å². The molecule has 0 bridgehead atoms. The Hall–Kier alpha value is -3.39. The highest BCUT2D eigenvalue weighted by Crippen LogP contribution is 2.44. The lowest BCUT2D eigenvalue weighted by Gasteiger charge is -2.36. The lowest BCUT2D eigenvalue weighted by Crippen LogP contribution is -2.54. The van der Waals surface area contributed by atoms with Crippen LogP contribution < -0.4 is 10.6 Å². The minimum absolute atomic E-state index is 0.0507. The van der Waals surface area contributed by atoms with Gasteiger partial charge < -0.3 is 25.2 Å². The molecule has 0 spiro atoms. The third-order valence-corrected chi connectivity index (χ3v) is 6.58. The smallest absolute Gasteiger partial charge is 0.407 e. The van der Waals surface area contributed by atoms with Crippen LogP contribution in [0.1, 0.15) is 43.2 Å². The second kappa shape index (κ2) is 10.3. The number of alkyl carbamates (subject to hydrolysis) is 1. The number of hydrogen-bond donors (Lipinski definition) is 3. The van der Waals surface area contributed by atoms with Crippen molar-refractivity contribution in [1.82, 2.24) is 10.6 Å². The van der Waals surface area contributed by atoms with Crippen LogP contribution in [-0.4, -0.2) is 55.5 Å². The van der Waals surface area contributed by atoms with Gasteiger partial charge in [0.1, 0.15) is 6.61 Å². The van der Waals surface area contributed by atoms with E-state index in [4.69, 9.17) is 14.6 Å². The Labute approximate surface area is 198 Å². The molecule has 0 radical (unpaired) electrons. The van der Waals surface area contributed by atoms with Crippen molar-refractivity contribution in [2.45, 2.75) is 38.1 Å². The zero-order chi connectivity index (χ0) is 24.1. The molecule has 1 aliphatic heterocycles. The predicted molar refractivity (Wildman–Crippen MR) is 125 cm³/mol. The number of hydrogen-bond acceptors (Lipinski definition) is 5. The Bertz CT molecular complexity index is 1020. The summed E-state index contributed by atoms with van der Waals surface area (Å²) < 4.78 is 11.1. The Morgan fingerprint density at radius 2 is 1.76 bits per heavy atom. The summed E-state index contributed by atoms with van der Waals surface area (Å²) in [5.41, 5.74) is 3.59. The summed E-state index contributed by atoms with van der Waals surface area (Å²) in [6, 6.07) is 15.7. The molecule has 2 aromatic carbocycles. The lowest BCUT2D eigenvalue weighted by atomic mass is 9.81. The van der Waals surface area contributed by atoms with E-state index in [-0.39, 0.29) is 38.0 Å². The number of rotatable bonds is 8. The van der Waals surface area contributed by atoms with Crippen LogP contribution in [0.15, 0.2) is 48.5 Å². The molecule has 2 aromatic rings. The molecular formula is C26H30N2O6. The number of carbonyl (C=O) groups is 3. The van der Waals surface area contributed by atoms with Crippen molar-refractivity contribution < 1.29 is 29.0 Å². The first kappa shape index (κ1) is 23.8. The fraction of sp³-hybridized carbons (Fsp3) is 0.423. The highest BCUT2D eigenvalue weighted by Gasteiger charge is 2.41. The number of carboxylic acid groups (broad SMARTS) is 1. The van der Waals surface area contributed by atoms with E-state index in [0.717, 1.165) is 22.3 Å². The van der Waals surface area contributed by atoms with Gasteiger partial charge in [-0.25, -0.2) is 4.79 Å². The van der Waals surface area contributed by atoms with Gasteiger partial charge in [-0.1, -0.05) is 48.5 Å². The Balaban J connectivity index is 1.38. The van der Waals surface area contributed by atoms with E-state index in [1.165, 1.54) is 0 Å². The SMILES string of the molecule is CC(CC(=O)O)NC(=O)C1(CNC(=O)OCC2c3ccccc3-c3ccccc32)CCCOC1. The number of amides is 2. The molecule has 3 N–H and O–H groups in total. The molecule has 8 nitrogen and oxygen atoms in total. The molecule has 0 aromatic heterocycles. The van der Waals surface area contributed by atoms with Gasteiger partial charge in [0.05, 0.1) is 18.4 Å². The van der Waals surface area contributed by atoms with Crippen LogP contribution in [0, 0.1) is 5.41 Å². The Morgan fingerprint density at radius 1 is 1.12 bits per heavy atom. The molecule has 1 heterocycles. The van der Waals surface area contributed by atoms with Crippen LogP contribution in [0.25, 0.3) is 11.1 Å². The van der Waals surface area contributed by atoms with E-state index in [0.29, 0.717) is 19.4 Å². The summed E-state index contributed by atoms with van der Waals surface area (Å²) in [6.07, 6.45) is 0.427. The molecular weight excluding hydrogens is 436 g/mol. The van der Waals surface area contributed by atoms with E-state index in [2.05, 4.69) is 34.9 Å². The average Bonchev–Trinajstić information content (AvgIpc) is 3.15. The third-order valence-electron chi connectivity index (χ3n) is 6.58. The van der Waals surface area contributed by atoms with Crippen molar-refractivity contribution in [3.05, 3.63) is 59.7 Å². The molecule has 34 heavy (non-hydrogen) atoms. The van der Waals surface area contributed by atoms with Crippen molar-refractivity contribution in [1.29, 1.82) is 0 Å². The second-order valence-electron chi connectivity index (χ2n) is 9.09. The number of aliphatic carboxylic acids is 1.